The Morgan fingerprint density at radius 2 is 1.59 bits per heavy atom. The number of amides is 1. The Labute approximate surface area is 190 Å². The zero-order chi connectivity index (χ0) is 21.9. The first-order valence-electron chi connectivity index (χ1n) is 10.6. The van der Waals surface area contributed by atoms with Gasteiger partial charge in [0.1, 0.15) is 10.7 Å². The van der Waals surface area contributed by atoms with Crippen molar-refractivity contribution < 1.29 is 9.59 Å². The van der Waals surface area contributed by atoms with Gasteiger partial charge in [0.25, 0.3) is 0 Å². The first kappa shape index (κ1) is 20.4. The summed E-state index contributed by atoms with van der Waals surface area (Å²) in [6.45, 7) is 0.743. The summed E-state index contributed by atoms with van der Waals surface area (Å²) >= 11 is 1.40. The average Bonchev–Trinajstić information content (AvgIpc) is 3.28. The zero-order valence-electron chi connectivity index (χ0n) is 17.4. The monoisotopic (exact) mass is 439 g/mol. The predicted octanol–water partition coefficient (Wildman–Crippen LogP) is 5.40. The molecule has 1 saturated heterocycles. The molecule has 1 aromatic heterocycles. The number of Topliss-reactive ketones (excluding diaryl/α,β-unsaturated/α-hetero) is 1. The second-order valence-corrected chi connectivity index (χ2v) is 8.64. The highest BCUT2D eigenvalue weighted by Crippen LogP contribution is 2.32. The third-order valence-electron chi connectivity index (χ3n) is 5.61. The Bertz CT molecular complexity index is 1290. The number of thioether (sulfide) groups is 1. The molecule has 0 N–H and O–H groups in total. The van der Waals surface area contributed by atoms with Crippen LogP contribution in [0, 0.1) is 0 Å². The van der Waals surface area contributed by atoms with E-state index in [1.807, 2.05) is 66.7 Å². The quantitative estimate of drug-likeness (QED) is 0.297. The fourth-order valence-corrected chi connectivity index (χ4v) is 4.83. The minimum absolute atomic E-state index is 0.0207. The van der Waals surface area contributed by atoms with Crippen LogP contribution in [0.25, 0.3) is 22.0 Å². The molecule has 5 rings (SSSR count). The van der Waals surface area contributed by atoms with E-state index in [1.165, 1.54) is 11.8 Å². The van der Waals surface area contributed by atoms with Crippen LogP contribution >= 0.6 is 11.8 Å². The normalized spacial score (nSPS) is 13.6. The van der Waals surface area contributed by atoms with Crippen LogP contribution in [0.1, 0.15) is 23.2 Å². The summed E-state index contributed by atoms with van der Waals surface area (Å²) in [5.41, 5.74) is 3.33. The molecule has 1 amide bonds. The van der Waals surface area contributed by atoms with Gasteiger partial charge < -0.3 is 4.90 Å². The molecule has 0 atom stereocenters. The maximum absolute atomic E-state index is 12.8. The van der Waals surface area contributed by atoms with Gasteiger partial charge in [0.05, 0.1) is 5.75 Å². The lowest BCUT2D eigenvalue weighted by Gasteiger charge is -2.15. The summed E-state index contributed by atoms with van der Waals surface area (Å²) < 4.78 is 0. The first-order chi connectivity index (χ1) is 15.7. The van der Waals surface area contributed by atoms with E-state index in [4.69, 9.17) is 0 Å². The van der Waals surface area contributed by atoms with E-state index in [0.29, 0.717) is 12.0 Å². The molecule has 0 bridgehead atoms. The molecular formula is C26H21N3O2S. The van der Waals surface area contributed by atoms with Crippen molar-refractivity contribution in [3.63, 3.8) is 0 Å². The van der Waals surface area contributed by atoms with E-state index >= 15 is 0 Å². The molecule has 4 aromatic rings. The minimum Gasteiger partial charge on any atom is -0.312 e. The van der Waals surface area contributed by atoms with Crippen LogP contribution in [0.5, 0.6) is 0 Å². The van der Waals surface area contributed by atoms with Crippen molar-refractivity contribution in [2.75, 3.05) is 17.2 Å². The van der Waals surface area contributed by atoms with Gasteiger partial charge in [-0.1, -0.05) is 66.4 Å². The molecule has 3 aromatic carbocycles. The van der Waals surface area contributed by atoms with Crippen LogP contribution < -0.4 is 4.90 Å². The lowest BCUT2D eigenvalue weighted by Crippen LogP contribution is -2.23. The van der Waals surface area contributed by atoms with Crippen molar-refractivity contribution in [3.05, 3.63) is 84.4 Å². The number of benzene rings is 3. The number of nitrogens with zero attached hydrogens (tertiary/aromatic N) is 3. The third kappa shape index (κ3) is 4.01. The standard InChI is InChI=1S/C26H21N3O2S/c30-23(18-12-14-20(15-13-18)29-16-6-11-24(29)31)17-32-26-22-10-5-4-9-21(22)25(27-28-26)19-7-2-1-3-8-19/h1-5,7-10,12-15H,6,11,16-17H2. The van der Waals surface area contributed by atoms with E-state index in [2.05, 4.69) is 10.2 Å². The molecular weight excluding hydrogens is 418 g/mol. The van der Waals surface area contributed by atoms with E-state index < -0.39 is 0 Å². The van der Waals surface area contributed by atoms with Gasteiger partial charge in [0.2, 0.25) is 5.91 Å². The molecule has 0 radical (unpaired) electrons. The molecule has 0 saturated carbocycles. The topological polar surface area (TPSA) is 63.2 Å². The van der Waals surface area contributed by atoms with Crippen LogP contribution in [0.4, 0.5) is 5.69 Å². The van der Waals surface area contributed by atoms with Crippen LogP contribution in [-0.2, 0) is 4.79 Å². The lowest BCUT2D eigenvalue weighted by atomic mass is 10.1. The van der Waals surface area contributed by atoms with E-state index in [9.17, 15) is 9.59 Å². The number of ketones is 1. The number of fused-ring (bicyclic) bond motifs is 1. The van der Waals surface area contributed by atoms with Crippen molar-refractivity contribution in [2.24, 2.45) is 0 Å². The fraction of sp³-hybridized carbons (Fsp3) is 0.154. The second-order valence-electron chi connectivity index (χ2n) is 7.67. The molecule has 1 fully saturated rings. The van der Waals surface area contributed by atoms with Gasteiger partial charge in [-0.05, 0) is 30.7 Å². The zero-order valence-corrected chi connectivity index (χ0v) is 18.2. The number of hydrogen-bond donors (Lipinski definition) is 0. The number of carbonyl (C=O) groups is 2. The molecule has 1 aliphatic rings. The molecule has 32 heavy (non-hydrogen) atoms. The molecule has 2 heterocycles. The maximum Gasteiger partial charge on any atom is 0.227 e. The van der Waals surface area contributed by atoms with Crippen molar-refractivity contribution >= 4 is 39.9 Å². The Hall–Kier alpha value is -3.51. The first-order valence-corrected chi connectivity index (χ1v) is 11.6. The van der Waals surface area contributed by atoms with E-state index in [-0.39, 0.29) is 17.4 Å². The van der Waals surface area contributed by atoms with Gasteiger partial charge in [-0.2, -0.15) is 0 Å². The van der Waals surface area contributed by atoms with Gasteiger partial charge >= 0.3 is 0 Å². The molecule has 0 unspecified atom stereocenters. The highest BCUT2D eigenvalue weighted by atomic mass is 32.2. The summed E-state index contributed by atoms with van der Waals surface area (Å²) in [4.78, 5) is 26.5. The van der Waals surface area contributed by atoms with Gasteiger partial charge in [0, 0.05) is 40.6 Å². The summed E-state index contributed by atoms with van der Waals surface area (Å²) in [5, 5.41) is 11.7. The van der Waals surface area contributed by atoms with Gasteiger partial charge in [0.15, 0.2) is 5.78 Å². The number of aromatic nitrogens is 2. The average molecular weight is 440 g/mol. The van der Waals surface area contributed by atoms with Crippen molar-refractivity contribution in [2.45, 2.75) is 17.9 Å². The van der Waals surface area contributed by atoms with Crippen molar-refractivity contribution in [1.82, 2.24) is 10.2 Å². The van der Waals surface area contributed by atoms with Gasteiger partial charge in [-0.15, -0.1) is 10.2 Å². The number of anilines is 1. The SMILES string of the molecule is O=C(CSc1nnc(-c2ccccc2)c2ccccc12)c1ccc(N2CCCC2=O)cc1. The van der Waals surface area contributed by atoms with Gasteiger partial charge in [-0.3, -0.25) is 9.59 Å². The molecule has 5 nitrogen and oxygen atoms in total. The summed E-state index contributed by atoms with van der Waals surface area (Å²) in [6, 6.07) is 25.3. The van der Waals surface area contributed by atoms with Crippen molar-refractivity contribution in [3.8, 4) is 11.3 Å². The fourth-order valence-electron chi connectivity index (χ4n) is 3.96. The predicted molar refractivity (Wildman–Crippen MR) is 128 cm³/mol. The van der Waals surface area contributed by atoms with Gasteiger partial charge in [-0.25, -0.2) is 0 Å². The Kier molecular flexibility index (Phi) is 5.69. The molecule has 0 aliphatic carbocycles. The second kappa shape index (κ2) is 8.93. The number of hydrogen-bond acceptors (Lipinski definition) is 5. The minimum atomic E-state index is 0.0207. The number of carbonyl (C=O) groups excluding carboxylic acids is 2. The Morgan fingerprint density at radius 1 is 0.875 bits per heavy atom. The Balaban J connectivity index is 1.34. The smallest absolute Gasteiger partial charge is 0.227 e. The highest BCUT2D eigenvalue weighted by molar-refractivity contribution is 8.00. The van der Waals surface area contributed by atoms with Crippen molar-refractivity contribution in [1.29, 1.82) is 0 Å². The Morgan fingerprint density at radius 3 is 2.31 bits per heavy atom. The highest BCUT2D eigenvalue weighted by Gasteiger charge is 2.21. The van der Waals surface area contributed by atoms with E-state index in [1.54, 1.807) is 17.0 Å². The van der Waals surface area contributed by atoms with Crippen LogP contribution in [-0.4, -0.2) is 34.2 Å². The lowest BCUT2D eigenvalue weighted by molar-refractivity contribution is -0.117. The molecule has 158 valence electrons. The summed E-state index contributed by atoms with van der Waals surface area (Å²) in [6.07, 6.45) is 1.48. The van der Waals surface area contributed by atoms with Crippen LogP contribution in [0.15, 0.2) is 83.9 Å². The molecule has 0 spiro atoms. The summed E-state index contributed by atoms with van der Waals surface area (Å²) in [7, 11) is 0. The maximum atomic E-state index is 12.8. The third-order valence-corrected chi connectivity index (χ3v) is 6.60. The molecule has 1 aliphatic heterocycles. The largest absolute Gasteiger partial charge is 0.312 e. The molecule has 6 heteroatoms. The van der Waals surface area contributed by atoms with Crippen LogP contribution in [0.2, 0.25) is 0 Å². The van der Waals surface area contributed by atoms with Crippen LogP contribution in [0.3, 0.4) is 0 Å². The van der Waals surface area contributed by atoms with E-state index in [0.717, 1.165) is 45.7 Å². The summed E-state index contributed by atoms with van der Waals surface area (Å²) in [5.74, 6) is 0.432. The number of rotatable bonds is 6.